The van der Waals surface area contributed by atoms with Gasteiger partial charge in [0.2, 0.25) is 0 Å². The van der Waals surface area contributed by atoms with Crippen molar-refractivity contribution in [1.29, 1.82) is 0 Å². The van der Waals surface area contributed by atoms with Crippen LogP contribution in [-0.4, -0.2) is 30.8 Å². The van der Waals surface area contributed by atoms with Crippen LogP contribution in [0.2, 0.25) is 0 Å². The Morgan fingerprint density at radius 1 is 1.37 bits per heavy atom. The van der Waals surface area contributed by atoms with E-state index in [1.807, 2.05) is 30.3 Å². The quantitative estimate of drug-likeness (QED) is 0.556. The summed E-state index contributed by atoms with van der Waals surface area (Å²) in [6.07, 6.45) is 1.12. The molecule has 0 saturated carbocycles. The molecule has 1 atom stereocenters. The van der Waals surface area contributed by atoms with Gasteiger partial charge in [-0.3, -0.25) is 4.79 Å². The van der Waals surface area contributed by atoms with E-state index in [0.29, 0.717) is 32.5 Å². The van der Waals surface area contributed by atoms with Gasteiger partial charge in [-0.15, -0.1) is 0 Å². The second-order valence-electron chi connectivity index (χ2n) is 4.73. The molecule has 0 spiro atoms. The minimum atomic E-state index is -0.898. The number of esters is 1. The molecule has 1 unspecified atom stereocenters. The maximum Gasteiger partial charge on any atom is 0.305 e. The molecule has 1 aromatic rings. The molecule has 2 N–H and O–H groups in total. The van der Waals surface area contributed by atoms with Crippen molar-refractivity contribution in [3.63, 3.8) is 0 Å². The fourth-order valence-corrected chi connectivity index (χ4v) is 1.82. The van der Waals surface area contributed by atoms with E-state index < -0.39 is 5.60 Å². The molecule has 0 bridgehead atoms. The average molecular weight is 265 g/mol. The van der Waals surface area contributed by atoms with Crippen LogP contribution < -0.4 is 5.32 Å². The van der Waals surface area contributed by atoms with Gasteiger partial charge in [-0.05, 0) is 32.4 Å². The van der Waals surface area contributed by atoms with E-state index in [1.165, 1.54) is 0 Å². The van der Waals surface area contributed by atoms with E-state index >= 15 is 0 Å². The van der Waals surface area contributed by atoms with Crippen LogP contribution in [0, 0.1) is 0 Å². The number of aliphatic hydroxyl groups is 1. The van der Waals surface area contributed by atoms with Crippen molar-refractivity contribution >= 4 is 5.97 Å². The highest BCUT2D eigenvalue weighted by Crippen LogP contribution is 2.18. The first-order chi connectivity index (χ1) is 9.06. The number of ether oxygens (including phenoxy) is 1. The molecular formula is C15H23NO3. The summed E-state index contributed by atoms with van der Waals surface area (Å²) in [6, 6.07) is 9.54. The third-order valence-electron chi connectivity index (χ3n) is 2.90. The Morgan fingerprint density at radius 3 is 2.68 bits per heavy atom. The van der Waals surface area contributed by atoms with Crippen molar-refractivity contribution < 1.29 is 14.6 Å². The van der Waals surface area contributed by atoms with Crippen molar-refractivity contribution in [2.24, 2.45) is 0 Å². The lowest BCUT2D eigenvalue weighted by molar-refractivity contribution is -0.143. The maximum absolute atomic E-state index is 11.1. The Morgan fingerprint density at radius 2 is 2.05 bits per heavy atom. The highest BCUT2D eigenvalue weighted by molar-refractivity contribution is 5.69. The molecule has 4 nitrogen and oxygen atoms in total. The smallest absolute Gasteiger partial charge is 0.305 e. The molecule has 0 fully saturated rings. The van der Waals surface area contributed by atoms with Crippen LogP contribution in [0.25, 0.3) is 0 Å². The second-order valence-corrected chi connectivity index (χ2v) is 4.73. The topological polar surface area (TPSA) is 58.6 Å². The van der Waals surface area contributed by atoms with Gasteiger partial charge in [0.25, 0.3) is 0 Å². The highest BCUT2D eigenvalue weighted by Gasteiger charge is 2.21. The molecule has 1 rings (SSSR count). The van der Waals surface area contributed by atoms with Crippen LogP contribution in [0.5, 0.6) is 0 Å². The standard InChI is InChI=1S/C15H23NO3/c1-3-19-14(17)10-7-11-16-12-15(2,18)13-8-5-4-6-9-13/h4-6,8-9,16,18H,3,7,10-12H2,1-2H3. The van der Waals surface area contributed by atoms with Crippen LogP contribution in [0.3, 0.4) is 0 Å². The zero-order valence-electron chi connectivity index (χ0n) is 11.7. The Bertz CT molecular complexity index is 376. The summed E-state index contributed by atoms with van der Waals surface area (Å²) in [5, 5.41) is 13.5. The number of nitrogens with one attached hydrogen (secondary N) is 1. The number of benzene rings is 1. The van der Waals surface area contributed by atoms with Crippen LogP contribution >= 0.6 is 0 Å². The van der Waals surface area contributed by atoms with Crippen LogP contribution in [0.4, 0.5) is 0 Å². The number of carbonyl (C=O) groups is 1. The van der Waals surface area contributed by atoms with Gasteiger partial charge < -0.3 is 15.2 Å². The number of rotatable bonds is 8. The molecule has 0 amide bonds. The Labute approximate surface area is 114 Å². The molecule has 19 heavy (non-hydrogen) atoms. The molecule has 0 aliphatic heterocycles. The lowest BCUT2D eigenvalue weighted by Crippen LogP contribution is -2.35. The van der Waals surface area contributed by atoms with Gasteiger partial charge in [0.1, 0.15) is 0 Å². The number of hydrogen-bond donors (Lipinski definition) is 2. The fraction of sp³-hybridized carbons (Fsp3) is 0.533. The average Bonchev–Trinajstić information content (AvgIpc) is 2.39. The van der Waals surface area contributed by atoms with E-state index in [-0.39, 0.29) is 5.97 Å². The van der Waals surface area contributed by atoms with Gasteiger partial charge in [0.05, 0.1) is 12.2 Å². The van der Waals surface area contributed by atoms with E-state index in [4.69, 9.17) is 4.74 Å². The fourth-order valence-electron chi connectivity index (χ4n) is 1.82. The SMILES string of the molecule is CCOC(=O)CCCNCC(C)(O)c1ccccc1. The molecule has 0 aliphatic carbocycles. The summed E-state index contributed by atoms with van der Waals surface area (Å²) >= 11 is 0. The molecule has 1 aromatic carbocycles. The summed E-state index contributed by atoms with van der Waals surface area (Å²) in [5.41, 5.74) is -0.0153. The van der Waals surface area contributed by atoms with Gasteiger partial charge >= 0.3 is 5.97 Å². The normalized spacial score (nSPS) is 13.8. The predicted molar refractivity (Wildman–Crippen MR) is 74.7 cm³/mol. The minimum absolute atomic E-state index is 0.167. The molecular weight excluding hydrogens is 242 g/mol. The molecule has 0 aromatic heterocycles. The summed E-state index contributed by atoms with van der Waals surface area (Å²) < 4.78 is 4.84. The molecule has 0 aliphatic rings. The Hall–Kier alpha value is -1.39. The van der Waals surface area contributed by atoms with Crippen molar-refractivity contribution in [1.82, 2.24) is 5.32 Å². The van der Waals surface area contributed by atoms with Crippen LogP contribution in [0.15, 0.2) is 30.3 Å². The third kappa shape index (κ3) is 5.85. The summed E-state index contributed by atoms with van der Waals surface area (Å²) in [4.78, 5) is 11.1. The maximum atomic E-state index is 11.1. The second kappa shape index (κ2) is 7.92. The minimum Gasteiger partial charge on any atom is -0.466 e. The third-order valence-corrected chi connectivity index (χ3v) is 2.90. The molecule has 0 radical (unpaired) electrons. The first kappa shape index (κ1) is 15.7. The summed E-state index contributed by atoms with van der Waals surface area (Å²) in [5.74, 6) is -0.167. The molecule has 106 valence electrons. The molecule has 4 heteroatoms. The van der Waals surface area contributed by atoms with E-state index in [0.717, 1.165) is 5.56 Å². The van der Waals surface area contributed by atoms with Crippen molar-refractivity contribution in [2.45, 2.75) is 32.3 Å². The monoisotopic (exact) mass is 265 g/mol. The van der Waals surface area contributed by atoms with Gasteiger partial charge in [-0.25, -0.2) is 0 Å². The van der Waals surface area contributed by atoms with Gasteiger partial charge in [0.15, 0.2) is 0 Å². The van der Waals surface area contributed by atoms with Crippen LogP contribution in [0.1, 0.15) is 32.3 Å². The van der Waals surface area contributed by atoms with Crippen molar-refractivity contribution in [2.75, 3.05) is 19.7 Å². The van der Waals surface area contributed by atoms with Gasteiger partial charge in [-0.1, -0.05) is 30.3 Å². The molecule has 0 saturated heterocycles. The van der Waals surface area contributed by atoms with Gasteiger partial charge in [0, 0.05) is 13.0 Å². The Balaban J connectivity index is 2.23. The number of hydrogen-bond acceptors (Lipinski definition) is 4. The zero-order valence-corrected chi connectivity index (χ0v) is 11.7. The summed E-state index contributed by atoms with van der Waals surface area (Å²) in [7, 11) is 0. The molecule has 0 heterocycles. The first-order valence-corrected chi connectivity index (χ1v) is 6.70. The largest absolute Gasteiger partial charge is 0.466 e. The van der Waals surface area contributed by atoms with Crippen molar-refractivity contribution in [3.8, 4) is 0 Å². The number of carbonyl (C=O) groups excluding carboxylic acids is 1. The van der Waals surface area contributed by atoms with E-state index in [9.17, 15) is 9.90 Å². The summed E-state index contributed by atoms with van der Waals surface area (Å²) in [6.45, 7) is 5.14. The highest BCUT2D eigenvalue weighted by atomic mass is 16.5. The van der Waals surface area contributed by atoms with Gasteiger partial charge in [-0.2, -0.15) is 0 Å². The lowest BCUT2D eigenvalue weighted by atomic mass is 9.96. The van der Waals surface area contributed by atoms with Crippen molar-refractivity contribution in [3.05, 3.63) is 35.9 Å². The van der Waals surface area contributed by atoms with E-state index in [2.05, 4.69) is 5.32 Å². The van der Waals surface area contributed by atoms with E-state index in [1.54, 1.807) is 13.8 Å². The zero-order chi connectivity index (χ0) is 14.1. The lowest BCUT2D eigenvalue weighted by Gasteiger charge is -2.24. The van der Waals surface area contributed by atoms with Crippen LogP contribution in [-0.2, 0) is 15.1 Å². The Kier molecular flexibility index (Phi) is 6.53. The first-order valence-electron chi connectivity index (χ1n) is 6.70. The predicted octanol–water partition coefficient (Wildman–Crippen LogP) is 1.83.